The van der Waals surface area contributed by atoms with Crippen molar-refractivity contribution in [2.75, 3.05) is 27.2 Å². The predicted octanol–water partition coefficient (Wildman–Crippen LogP) is 0.750. The zero-order valence-electron chi connectivity index (χ0n) is 12.9. The lowest BCUT2D eigenvalue weighted by Crippen LogP contribution is -2.51. The second-order valence-electron chi connectivity index (χ2n) is 5.74. The predicted molar refractivity (Wildman–Crippen MR) is 75.4 cm³/mol. The van der Waals surface area contributed by atoms with Crippen LogP contribution in [0.2, 0.25) is 0 Å². The standard InChI is InChI=1S/C13H25N3O4/c1-13(2,3)16(9-7-11(18)19)12(20)14-8-6-10(17)15(4)5/h6-9H2,1-5H3,(H,14,20)(H,18,19). The summed E-state index contributed by atoms with van der Waals surface area (Å²) < 4.78 is 0. The van der Waals surface area contributed by atoms with Gasteiger partial charge in [-0.05, 0) is 20.8 Å². The Labute approximate surface area is 119 Å². The lowest BCUT2D eigenvalue weighted by molar-refractivity contribution is -0.137. The number of urea groups is 1. The maximum absolute atomic E-state index is 12.1. The Morgan fingerprint density at radius 2 is 1.65 bits per heavy atom. The Bertz CT molecular complexity index is 361. The Hall–Kier alpha value is -1.79. The Morgan fingerprint density at radius 3 is 2.05 bits per heavy atom. The van der Waals surface area contributed by atoms with Crippen LogP contribution in [0.15, 0.2) is 0 Å². The average molecular weight is 287 g/mol. The van der Waals surface area contributed by atoms with Gasteiger partial charge >= 0.3 is 12.0 Å². The van der Waals surface area contributed by atoms with Crippen LogP contribution in [-0.2, 0) is 9.59 Å². The van der Waals surface area contributed by atoms with Crippen LogP contribution in [0.5, 0.6) is 0 Å². The van der Waals surface area contributed by atoms with Crippen LogP contribution in [0, 0.1) is 0 Å². The van der Waals surface area contributed by atoms with E-state index in [2.05, 4.69) is 5.32 Å². The molecule has 3 amide bonds. The molecule has 0 heterocycles. The normalized spacial score (nSPS) is 10.8. The van der Waals surface area contributed by atoms with Crippen LogP contribution in [0.1, 0.15) is 33.6 Å². The summed E-state index contributed by atoms with van der Waals surface area (Å²) in [6.07, 6.45) is 0.108. The lowest BCUT2D eigenvalue weighted by Gasteiger charge is -2.35. The molecule has 0 radical (unpaired) electrons. The van der Waals surface area contributed by atoms with E-state index in [0.29, 0.717) is 0 Å². The van der Waals surface area contributed by atoms with E-state index in [0.717, 1.165) is 0 Å². The Kier molecular flexibility index (Phi) is 7.02. The van der Waals surface area contributed by atoms with E-state index in [1.807, 2.05) is 20.8 Å². The molecule has 0 saturated heterocycles. The molecule has 0 aliphatic heterocycles. The zero-order valence-corrected chi connectivity index (χ0v) is 12.9. The minimum Gasteiger partial charge on any atom is -0.481 e. The monoisotopic (exact) mass is 287 g/mol. The van der Waals surface area contributed by atoms with E-state index < -0.39 is 11.5 Å². The van der Waals surface area contributed by atoms with Gasteiger partial charge in [-0.1, -0.05) is 0 Å². The molecule has 0 aromatic carbocycles. The van der Waals surface area contributed by atoms with Gasteiger partial charge in [-0.15, -0.1) is 0 Å². The van der Waals surface area contributed by atoms with Crippen molar-refractivity contribution in [1.82, 2.24) is 15.1 Å². The first-order valence-electron chi connectivity index (χ1n) is 6.53. The number of carbonyl (C=O) groups is 3. The second-order valence-corrected chi connectivity index (χ2v) is 5.74. The van der Waals surface area contributed by atoms with Gasteiger partial charge in [0.1, 0.15) is 0 Å². The topological polar surface area (TPSA) is 90.0 Å². The van der Waals surface area contributed by atoms with Gasteiger partial charge in [0.05, 0.1) is 6.42 Å². The van der Waals surface area contributed by atoms with Gasteiger partial charge in [-0.25, -0.2) is 4.79 Å². The molecule has 0 spiro atoms. The molecule has 7 nitrogen and oxygen atoms in total. The zero-order chi connectivity index (χ0) is 15.9. The number of carboxylic acid groups (broad SMARTS) is 1. The van der Waals surface area contributed by atoms with Crippen molar-refractivity contribution in [3.8, 4) is 0 Å². The number of carbonyl (C=O) groups excluding carboxylic acids is 2. The van der Waals surface area contributed by atoms with Crippen molar-refractivity contribution < 1.29 is 19.5 Å². The molecule has 0 aliphatic carbocycles. The molecule has 0 atom stereocenters. The first-order chi connectivity index (χ1) is 9.05. The number of rotatable bonds is 6. The number of amides is 3. The highest BCUT2D eigenvalue weighted by Crippen LogP contribution is 2.13. The summed E-state index contributed by atoms with van der Waals surface area (Å²) in [5.41, 5.74) is -0.481. The average Bonchev–Trinajstić information content (AvgIpc) is 2.26. The van der Waals surface area contributed by atoms with Crippen LogP contribution >= 0.6 is 0 Å². The van der Waals surface area contributed by atoms with Crippen molar-refractivity contribution >= 4 is 17.9 Å². The summed E-state index contributed by atoms with van der Waals surface area (Å²) in [5.74, 6) is -1.02. The number of aliphatic carboxylic acids is 1. The molecule has 0 saturated carbocycles. The van der Waals surface area contributed by atoms with Gasteiger partial charge in [0, 0.05) is 39.1 Å². The van der Waals surface area contributed by atoms with E-state index in [4.69, 9.17) is 5.11 Å². The molecule has 2 N–H and O–H groups in total. The number of hydrogen-bond acceptors (Lipinski definition) is 3. The quantitative estimate of drug-likeness (QED) is 0.754. The SMILES string of the molecule is CN(C)C(=O)CCNC(=O)N(CCC(=O)O)C(C)(C)C. The smallest absolute Gasteiger partial charge is 0.317 e. The molecular formula is C13H25N3O4. The summed E-state index contributed by atoms with van der Waals surface area (Å²) in [4.78, 5) is 37.0. The van der Waals surface area contributed by atoms with E-state index in [9.17, 15) is 14.4 Å². The number of nitrogens with zero attached hydrogens (tertiary/aromatic N) is 2. The highest BCUT2D eigenvalue weighted by atomic mass is 16.4. The summed E-state index contributed by atoms with van der Waals surface area (Å²) in [6.45, 7) is 5.86. The van der Waals surface area contributed by atoms with Gasteiger partial charge < -0.3 is 20.2 Å². The molecule has 20 heavy (non-hydrogen) atoms. The van der Waals surface area contributed by atoms with E-state index in [1.165, 1.54) is 9.80 Å². The molecule has 7 heteroatoms. The number of carboxylic acids is 1. The fraction of sp³-hybridized carbons (Fsp3) is 0.769. The summed E-state index contributed by atoms with van der Waals surface area (Å²) in [6, 6.07) is -0.356. The molecular weight excluding hydrogens is 262 g/mol. The largest absolute Gasteiger partial charge is 0.481 e. The molecule has 0 aromatic heterocycles. The maximum Gasteiger partial charge on any atom is 0.317 e. The summed E-state index contributed by atoms with van der Waals surface area (Å²) >= 11 is 0. The third kappa shape index (κ3) is 6.96. The Balaban J connectivity index is 4.42. The van der Waals surface area contributed by atoms with Gasteiger partial charge in [0.25, 0.3) is 0 Å². The summed E-state index contributed by atoms with van der Waals surface area (Å²) in [7, 11) is 3.30. The van der Waals surface area contributed by atoms with E-state index in [-0.39, 0.29) is 37.9 Å². The first-order valence-corrected chi connectivity index (χ1v) is 6.53. The van der Waals surface area contributed by atoms with Gasteiger partial charge in [0.15, 0.2) is 0 Å². The fourth-order valence-corrected chi connectivity index (χ4v) is 1.54. The van der Waals surface area contributed by atoms with Crippen molar-refractivity contribution in [2.45, 2.75) is 39.2 Å². The minimum atomic E-state index is -0.949. The first kappa shape index (κ1) is 18.2. The third-order valence-corrected chi connectivity index (χ3v) is 2.72. The highest BCUT2D eigenvalue weighted by Gasteiger charge is 2.26. The number of nitrogens with one attached hydrogen (secondary N) is 1. The molecule has 0 aliphatic rings. The van der Waals surface area contributed by atoms with E-state index in [1.54, 1.807) is 14.1 Å². The summed E-state index contributed by atoms with van der Waals surface area (Å²) in [5, 5.41) is 11.4. The van der Waals surface area contributed by atoms with Crippen molar-refractivity contribution in [1.29, 1.82) is 0 Å². The molecule has 116 valence electrons. The third-order valence-electron chi connectivity index (χ3n) is 2.72. The molecule has 0 rings (SSSR count). The van der Waals surface area contributed by atoms with Crippen LogP contribution in [0.4, 0.5) is 4.79 Å². The van der Waals surface area contributed by atoms with Gasteiger partial charge in [0.2, 0.25) is 5.91 Å². The van der Waals surface area contributed by atoms with E-state index >= 15 is 0 Å². The van der Waals surface area contributed by atoms with Crippen LogP contribution in [0.25, 0.3) is 0 Å². The van der Waals surface area contributed by atoms with Crippen molar-refractivity contribution in [3.05, 3.63) is 0 Å². The van der Waals surface area contributed by atoms with Crippen LogP contribution < -0.4 is 5.32 Å². The molecule has 0 aromatic rings. The van der Waals surface area contributed by atoms with Crippen molar-refractivity contribution in [2.24, 2.45) is 0 Å². The van der Waals surface area contributed by atoms with Gasteiger partial charge in [-0.3, -0.25) is 9.59 Å². The van der Waals surface area contributed by atoms with Crippen LogP contribution in [-0.4, -0.2) is 65.5 Å². The minimum absolute atomic E-state index is 0.0712. The van der Waals surface area contributed by atoms with Crippen LogP contribution in [0.3, 0.4) is 0 Å². The Morgan fingerprint density at radius 1 is 1.10 bits per heavy atom. The lowest BCUT2D eigenvalue weighted by atomic mass is 10.1. The second kappa shape index (κ2) is 7.72. The molecule has 0 fully saturated rings. The van der Waals surface area contributed by atoms with Crippen molar-refractivity contribution in [3.63, 3.8) is 0 Å². The molecule has 0 bridgehead atoms. The highest BCUT2D eigenvalue weighted by molar-refractivity contribution is 5.78. The number of hydrogen-bond donors (Lipinski definition) is 2. The fourth-order valence-electron chi connectivity index (χ4n) is 1.54. The molecule has 0 unspecified atom stereocenters. The maximum atomic E-state index is 12.1. The van der Waals surface area contributed by atoms with Gasteiger partial charge in [-0.2, -0.15) is 0 Å².